The van der Waals surface area contributed by atoms with Crippen LogP contribution >= 0.6 is 15.9 Å². The monoisotopic (exact) mass is 348 g/mol. The van der Waals surface area contributed by atoms with Gasteiger partial charge >= 0.3 is 0 Å². The second kappa shape index (κ2) is 6.22. The molecule has 2 N–H and O–H groups in total. The van der Waals surface area contributed by atoms with E-state index in [0.717, 1.165) is 15.7 Å². The number of nitrogens with zero attached hydrogens (tertiary/aromatic N) is 2. The van der Waals surface area contributed by atoms with Gasteiger partial charge in [0.15, 0.2) is 5.69 Å². The van der Waals surface area contributed by atoms with Gasteiger partial charge in [0.2, 0.25) is 0 Å². The molecule has 0 atom stereocenters. The van der Waals surface area contributed by atoms with Gasteiger partial charge in [-0.05, 0) is 23.8 Å². The molecule has 5 nitrogen and oxygen atoms in total. The first-order valence-corrected chi connectivity index (χ1v) is 7.30. The Morgan fingerprint density at radius 2 is 2.14 bits per heavy atom. The van der Waals surface area contributed by atoms with E-state index in [2.05, 4.69) is 36.7 Å². The van der Waals surface area contributed by atoms with Crippen LogP contribution in [0, 0.1) is 0 Å². The Bertz CT molecular complexity index is 670. The fourth-order valence-electron chi connectivity index (χ4n) is 1.63. The Morgan fingerprint density at radius 3 is 2.76 bits per heavy atom. The minimum Gasteiger partial charge on any atom is -0.281 e. The predicted octanol–water partition coefficient (Wildman–Crippen LogP) is 3.23. The van der Waals surface area contributed by atoms with Crippen molar-refractivity contribution < 1.29 is 4.79 Å². The van der Waals surface area contributed by atoms with Crippen LogP contribution in [0.5, 0.6) is 0 Å². The summed E-state index contributed by atoms with van der Waals surface area (Å²) in [7, 11) is 0. The zero-order valence-corrected chi connectivity index (χ0v) is 13.7. The molecule has 1 aromatic heterocycles. The van der Waals surface area contributed by atoms with Gasteiger partial charge in [0.05, 0.1) is 6.21 Å². The maximum Gasteiger partial charge on any atom is 0.291 e. The lowest BCUT2D eigenvalue weighted by Crippen LogP contribution is -2.18. The Balaban J connectivity index is 2.00. The Hall–Kier alpha value is -1.95. The number of carbonyl (C=O) groups is 1. The van der Waals surface area contributed by atoms with Gasteiger partial charge in [-0.3, -0.25) is 9.89 Å². The minimum absolute atomic E-state index is 0.0783. The summed E-state index contributed by atoms with van der Waals surface area (Å²) in [5.41, 5.74) is 4.51. The van der Waals surface area contributed by atoms with Gasteiger partial charge in [0, 0.05) is 15.6 Å². The summed E-state index contributed by atoms with van der Waals surface area (Å²) in [5, 5.41) is 10.8. The molecule has 1 amide bonds. The molecule has 0 fully saturated rings. The number of aromatic nitrogens is 2. The third kappa shape index (κ3) is 4.26. The topological polar surface area (TPSA) is 70.1 Å². The molecule has 0 saturated heterocycles. The van der Waals surface area contributed by atoms with Crippen LogP contribution in [-0.4, -0.2) is 22.3 Å². The van der Waals surface area contributed by atoms with E-state index in [1.807, 2.05) is 45.0 Å². The molecule has 6 heteroatoms. The predicted molar refractivity (Wildman–Crippen MR) is 86.5 cm³/mol. The van der Waals surface area contributed by atoms with Gasteiger partial charge in [0.25, 0.3) is 5.91 Å². The van der Waals surface area contributed by atoms with Crippen molar-refractivity contribution in [1.29, 1.82) is 0 Å². The highest BCUT2D eigenvalue weighted by Gasteiger charge is 2.18. The van der Waals surface area contributed by atoms with Crippen LogP contribution in [0.15, 0.2) is 39.9 Å². The Labute approximate surface area is 132 Å². The molecule has 21 heavy (non-hydrogen) atoms. The van der Waals surface area contributed by atoms with Gasteiger partial charge in [0.1, 0.15) is 0 Å². The molecule has 0 aliphatic heterocycles. The first-order valence-electron chi connectivity index (χ1n) is 6.51. The molecule has 0 spiro atoms. The third-order valence-corrected chi connectivity index (χ3v) is 3.34. The van der Waals surface area contributed by atoms with E-state index in [4.69, 9.17) is 0 Å². The van der Waals surface area contributed by atoms with Crippen LogP contribution in [0.3, 0.4) is 0 Å². The van der Waals surface area contributed by atoms with Gasteiger partial charge in [-0.2, -0.15) is 10.2 Å². The van der Waals surface area contributed by atoms with Crippen LogP contribution in [0.4, 0.5) is 0 Å². The number of hydrazone groups is 1. The zero-order chi connectivity index (χ0) is 15.5. The number of amides is 1. The number of hydrogen-bond acceptors (Lipinski definition) is 3. The number of H-pyrrole nitrogens is 1. The second-order valence-electron chi connectivity index (χ2n) is 5.67. The van der Waals surface area contributed by atoms with Gasteiger partial charge in [-0.15, -0.1) is 0 Å². The normalized spacial score (nSPS) is 11.8. The zero-order valence-electron chi connectivity index (χ0n) is 12.1. The van der Waals surface area contributed by atoms with E-state index in [9.17, 15) is 4.79 Å². The average molecular weight is 349 g/mol. The molecule has 0 aliphatic carbocycles. The molecule has 1 aromatic carbocycles. The summed E-state index contributed by atoms with van der Waals surface area (Å²) in [6, 6.07) is 9.36. The SMILES string of the molecule is CC(C)(C)c1cc(C(=O)NN=Cc2cccc(Br)c2)n[nH]1. The smallest absolute Gasteiger partial charge is 0.281 e. The van der Waals surface area contributed by atoms with E-state index < -0.39 is 0 Å². The molecule has 1 heterocycles. The molecule has 2 aromatic rings. The van der Waals surface area contributed by atoms with Crippen molar-refractivity contribution in [3.63, 3.8) is 0 Å². The van der Waals surface area contributed by atoms with Crippen LogP contribution in [0.25, 0.3) is 0 Å². The van der Waals surface area contributed by atoms with Crippen molar-refractivity contribution in [2.24, 2.45) is 5.10 Å². The second-order valence-corrected chi connectivity index (χ2v) is 6.59. The molecule has 0 saturated carbocycles. The lowest BCUT2D eigenvalue weighted by Gasteiger charge is -2.14. The van der Waals surface area contributed by atoms with Gasteiger partial charge in [-0.25, -0.2) is 5.43 Å². The number of hydrogen-bond donors (Lipinski definition) is 2. The number of benzene rings is 1. The van der Waals surface area contributed by atoms with E-state index in [0.29, 0.717) is 5.69 Å². The molecule has 0 aliphatic rings. The first kappa shape index (κ1) is 15.4. The van der Waals surface area contributed by atoms with E-state index in [-0.39, 0.29) is 11.3 Å². The van der Waals surface area contributed by atoms with Crippen molar-refractivity contribution in [3.8, 4) is 0 Å². The summed E-state index contributed by atoms with van der Waals surface area (Å²) < 4.78 is 0.958. The van der Waals surface area contributed by atoms with Crippen LogP contribution in [0.1, 0.15) is 42.5 Å². The van der Waals surface area contributed by atoms with Crippen LogP contribution < -0.4 is 5.43 Å². The highest BCUT2D eigenvalue weighted by atomic mass is 79.9. The van der Waals surface area contributed by atoms with Gasteiger partial charge < -0.3 is 0 Å². The van der Waals surface area contributed by atoms with E-state index >= 15 is 0 Å². The van der Waals surface area contributed by atoms with Crippen molar-refractivity contribution in [1.82, 2.24) is 15.6 Å². The number of carbonyl (C=O) groups excluding carboxylic acids is 1. The summed E-state index contributed by atoms with van der Waals surface area (Å²) in [4.78, 5) is 11.9. The fraction of sp³-hybridized carbons (Fsp3) is 0.267. The van der Waals surface area contributed by atoms with E-state index in [1.165, 1.54) is 0 Å². The molecule has 0 unspecified atom stereocenters. The summed E-state index contributed by atoms with van der Waals surface area (Å²) in [6.45, 7) is 6.15. The number of rotatable bonds is 3. The van der Waals surface area contributed by atoms with Crippen LogP contribution in [-0.2, 0) is 5.41 Å². The molecular formula is C15H17BrN4O. The molecule has 110 valence electrons. The average Bonchev–Trinajstić information content (AvgIpc) is 2.88. The van der Waals surface area contributed by atoms with E-state index in [1.54, 1.807) is 12.3 Å². The number of halogens is 1. The maximum atomic E-state index is 11.9. The van der Waals surface area contributed by atoms with Gasteiger partial charge in [-0.1, -0.05) is 48.8 Å². The Kier molecular flexibility index (Phi) is 4.57. The van der Waals surface area contributed by atoms with Crippen molar-refractivity contribution >= 4 is 28.1 Å². The molecular weight excluding hydrogens is 332 g/mol. The Morgan fingerprint density at radius 1 is 1.38 bits per heavy atom. The standard InChI is InChI=1S/C15H17BrN4O/c1-15(2,3)13-8-12(18-19-13)14(21)20-17-9-10-5-4-6-11(16)7-10/h4-9H,1-3H3,(H,18,19)(H,20,21). The first-order chi connectivity index (χ1) is 9.86. The third-order valence-electron chi connectivity index (χ3n) is 2.85. The lowest BCUT2D eigenvalue weighted by molar-refractivity contribution is 0.0950. The van der Waals surface area contributed by atoms with Crippen molar-refractivity contribution in [3.05, 3.63) is 51.8 Å². The molecule has 2 rings (SSSR count). The number of aromatic amines is 1. The highest BCUT2D eigenvalue weighted by molar-refractivity contribution is 9.10. The molecule has 0 radical (unpaired) electrons. The summed E-state index contributed by atoms with van der Waals surface area (Å²) >= 11 is 3.38. The minimum atomic E-state index is -0.340. The van der Waals surface area contributed by atoms with Crippen molar-refractivity contribution in [2.75, 3.05) is 0 Å². The summed E-state index contributed by atoms with van der Waals surface area (Å²) in [5.74, 6) is -0.340. The van der Waals surface area contributed by atoms with Crippen LogP contribution in [0.2, 0.25) is 0 Å². The highest BCUT2D eigenvalue weighted by Crippen LogP contribution is 2.20. The summed E-state index contributed by atoms with van der Waals surface area (Å²) in [6.07, 6.45) is 1.58. The van der Waals surface area contributed by atoms with Crippen molar-refractivity contribution in [2.45, 2.75) is 26.2 Å². The largest absolute Gasteiger partial charge is 0.291 e. The molecule has 0 bridgehead atoms. The fourth-order valence-corrected chi connectivity index (χ4v) is 2.05. The lowest BCUT2D eigenvalue weighted by atomic mass is 9.92. The number of nitrogens with one attached hydrogen (secondary N) is 2. The maximum absolute atomic E-state index is 11.9. The quantitative estimate of drug-likeness (QED) is 0.660.